The second-order valence-corrected chi connectivity index (χ2v) is 8.44. The highest BCUT2D eigenvalue weighted by Crippen LogP contribution is 2.35. The minimum Gasteiger partial charge on any atom is -0.444 e. The van der Waals surface area contributed by atoms with Crippen LogP contribution in [0.1, 0.15) is 43.2 Å². The Morgan fingerprint density at radius 3 is 2.62 bits per heavy atom. The van der Waals surface area contributed by atoms with Crippen LogP contribution < -0.4 is 16.0 Å². The number of carbonyl (C=O) groups excluding carboxylic acids is 2. The number of nitrogens with zero attached hydrogens (tertiary/aromatic N) is 1. The van der Waals surface area contributed by atoms with Crippen LogP contribution >= 0.6 is 0 Å². The largest absolute Gasteiger partial charge is 0.444 e. The van der Waals surface area contributed by atoms with Crippen molar-refractivity contribution in [2.24, 2.45) is 5.73 Å². The fourth-order valence-corrected chi connectivity index (χ4v) is 3.70. The van der Waals surface area contributed by atoms with Gasteiger partial charge in [-0.3, -0.25) is 4.79 Å². The van der Waals surface area contributed by atoms with Crippen LogP contribution in [-0.2, 0) is 4.74 Å². The molecular weight excluding hydrogens is 382 g/mol. The number of hydrogen-bond acceptors (Lipinski definition) is 4. The number of nitrogens with two attached hydrogens (primary N) is 1. The number of benzene rings is 1. The second kappa shape index (κ2) is 7.53. The number of alkyl halides is 1. The van der Waals surface area contributed by atoms with E-state index in [4.69, 9.17) is 10.5 Å². The average Bonchev–Trinajstić information content (AvgIpc) is 2.92. The first-order valence-electron chi connectivity index (χ1n) is 9.44. The van der Waals surface area contributed by atoms with Crippen LogP contribution in [0.25, 0.3) is 10.9 Å². The molecule has 1 aliphatic heterocycles. The Hall–Kier alpha value is -2.84. The number of aromatic amines is 1. The van der Waals surface area contributed by atoms with E-state index in [1.807, 2.05) is 0 Å². The quantitative estimate of drug-likeness (QED) is 0.726. The van der Waals surface area contributed by atoms with E-state index in [1.165, 1.54) is 0 Å². The van der Waals surface area contributed by atoms with Crippen LogP contribution in [0.2, 0.25) is 0 Å². The summed E-state index contributed by atoms with van der Waals surface area (Å²) in [7, 11) is 0. The number of carbonyl (C=O) groups is 2. The van der Waals surface area contributed by atoms with Gasteiger partial charge in [0.15, 0.2) is 0 Å². The molecule has 0 radical (unpaired) electrons. The molecular formula is C20H26F2N4O3. The molecule has 2 aromatic rings. The molecule has 4 N–H and O–H groups in total. The van der Waals surface area contributed by atoms with E-state index in [0.717, 1.165) is 6.07 Å². The molecule has 0 spiro atoms. The van der Waals surface area contributed by atoms with Crippen molar-refractivity contribution in [1.29, 1.82) is 0 Å². The van der Waals surface area contributed by atoms with E-state index in [-0.39, 0.29) is 30.8 Å². The van der Waals surface area contributed by atoms with Crippen LogP contribution in [-0.4, -0.2) is 47.9 Å². The highest BCUT2D eigenvalue weighted by molar-refractivity contribution is 6.09. The Bertz CT molecular complexity index is 951. The van der Waals surface area contributed by atoms with Gasteiger partial charge in [-0.2, -0.15) is 0 Å². The van der Waals surface area contributed by atoms with Gasteiger partial charge in [0, 0.05) is 30.6 Å². The Morgan fingerprint density at radius 2 is 2.00 bits per heavy atom. The fraction of sp³-hybridized carbons (Fsp3) is 0.500. The number of nitrogens with one attached hydrogen (secondary N) is 2. The highest BCUT2D eigenvalue weighted by atomic mass is 19.1. The summed E-state index contributed by atoms with van der Waals surface area (Å²) in [5.41, 5.74) is 6.02. The smallest absolute Gasteiger partial charge is 0.407 e. The number of aromatic nitrogens is 1. The molecule has 2 heterocycles. The average molecular weight is 408 g/mol. The van der Waals surface area contributed by atoms with Crippen molar-refractivity contribution in [3.63, 3.8) is 0 Å². The van der Waals surface area contributed by atoms with Gasteiger partial charge in [0.05, 0.1) is 22.8 Å². The summed E-state index contributed by atoms with van der Waals surface area (Å²) < 4.78 is 34.7. The number of aryl methyl sites for hydroxylation is 1. The molecule has 1 aliphatic rings. The Kier molecular flexibility index (Phi) is 5.42. The van der Waals surface area contributed by atoms with Crippen molar-refractivity contribution >= 4 is 28.6 Å². The van der Waals surface area contributed by atoms with Gasteiger partial charge < -0.3 is 25.7 Å². The summed E-state index contributed by atoms with van der Waals surface area (Å²) in [6, 6.07) is 2.20. The Labute approximate surface area is 167 Å². The number of anilines is 1. The molecule has 3 rings (SSSR count). The fourth-order valence-electron chi connectivity index (χ4n) is 3.70. The topological polar surface area (TPSA) is 100 Å². The monoisotopic (exact) mass is 408 g/mol. The molecule has 9 heteroatoms. The maximum Gasteiger partial charge on any atom is 0.407 e. The third-order valence-electron chi connectivity index (χ3n) is 4.68. The SMILES string of the molecule is Cc1cc2c(N3C[C@@H](F)C[C@H](NC(=O)OC(C)(C)C)C3)c(F)cc(C(N)=O)c2[nH]1. The third-order valence-corrected chi connectivity index (χ3v) is 4.68. The number of fused-ring (bicyclic) bond motifs is 1. The van der Waals surface area contributed by atoms with Crippen molar-refractivity contribution in [3.05, 3.63) is 29.2 Å². The summed E-state index contributed by atoms with van der Waals surface area (Å²) in [6.07, 6.45) is -1.82. The van der Waals surface area contributed by atoms with E-state index in [1.54, 1.807) is 38.7 Å². The zero-order valence-electron chi connectivity index (χ0n) is 16.9. The number of halogens is 2. The summed E-state index contributed by atoms with van der Waals surface area (Å²) in [6.45, 7) is 7.15. The van der Waals surface area contributed by atoms with Gasteiger partial charge in [0.25, 0.3) is 5.91 Å². The van der Waals surface area contributed by atoms with E-state index in [0.29, 0.717) is 16.6 Å². The van der Waals surface area contributed by atoms with Gasteiger partial charge in [0.2, 0.25) is 0 Å². The molecule has 1 saturated heterocycles. The van der Waals surface area contributed by atoms with Gasteiger partial charge in [-0.05, 0) is 39.8 Å². The molecule has 2 amide bonds. The number of rotatable bonds is 3. The number of H-pyrrole nitrogens is 1. The minimum atomic E-state index is -1.27. The molecule has 1 aromatic carbocycles. The predicted octanol–water partition coefficient (Wildman–Crippen LogP) is 3.16. The lowest BCUT2D eigenvalue weighted by Gasteiger charge is -2.37. The molecule has 2 atom stereocenters. The Morgan fingerprint density at radius 1 is 1.31 bits per heavy atom. The molecule has 0 bridgehead atoms. The summed E-state index contributed by atoms with van der Waals surface area (Å²) in [5.74, 6) is -1.43. The molecule has 158 valence electrons. The number of amides is 2. The maximum absolute atomic E-state index is 15.0. The first-order chi connectivity index (χ1) is 13.4. The van der Waals surface area contributed by atoms with Crippen LogP contribution in [0.3, 0.4) is 0 Å². The first kappa shape index (κ1) is 20.9. The maximum atomic E-state index is 15.0. The zero-order chi connectivity index (χ0) is 21.5. The van der Waals surface area contributed by atoms with E-state index in [9.17, 15) is 18.4 Å². The summed E-state index contributed by atoms with van der Waals surface area (Å²) in [4.78, 5) is 28.3. The van der Waals surface area contributed by atoms with Gasteiger partial charge in [-0.25, -0.2) is 13.6 Å². The number of hydrogen-bond donors (Lipinski definition) is 3. The van der Waals surface area contributed by atoms with Crippen molar-refractivity contribution < 1.29 is 23.1 Å². The number of piperidine rings is 1. The number of alkyl carbamates (subject to hydrolysis) is 1. The van der Waals surface area contributed by atoms with Crippen LogP contribution in [0.4, 0.5) is 19.3 Å². The molecule has 0 aliphatic carbocycles. The summed E-state index contributed by atoms with van der Waals surface area (Å²) >= 11 is 0. The lowest BCUT2D eigenvalue weighted by Crippen LogP contribution is -2.52. The number of ether oxygens (including phenoxy) is 1. The summed E-state index contributed by atoms with van der Waals surface area (Å²) in [5, 5.41) is 3.11. The van der Waals surface area contributed by atoms with Crippen molar-refractivity contribution in [3.8, 4) is 0 Å². The van der Waals surface area contributed by atoms with Gasteiger partial charge >= 0.3 is 6.09 Å². The third kappa shape index (κ3) is 4.60. The van der Waals surface area contributed by atoms with E-state index in [2.05, 4.69) is 10.3 Å². The van der Waals surface area contributed by atoms with Crippen LogP contribution in [0.5, 0.6) is 0 Å². The lowest BCUT2D eigenvalue weighted by atomic mass is 10.0. The molecule has 0 unspecified atom stereocenters. The van der Waals surface area contributed by atoms with Gasteiger partial charge in [-0.15, -0.1) is 0 Å². The normalized spacial score (nSPS) is 20.0. The predicted molar refractivity (Wildman–Crippen MR) is 106 cm³/mol. The van der Waals surface area contributed by atoms with E-state index >= 15 is 0 Å². The molecule has 29 heavy (non-hydrogen) atoms. The standard InChI is InChI=1S/C20H26F2N4O3/c1-10-5-13-16(24-10)14(18(23)27)7-15(22)17(13)26-8-11(21)6-12(9-26)25-19(28)29-20(2,3)4/h5,7,11-12,24H,6,8-9H2,1-4H3,(H2,23,27)(H,25,28)/t11-,12-/m0/s1. The van der Waals surface area contributed by atoms with Crippen molar-refractivity contribution in [1.82, 2.24) is 10.3 Å². The first-order valence-corrected chi connectivity index (χ1v) is 9.44. The molecule has 0 saturated carbocycles. The number of primary amides is 1. The molecule has 1 aromatic heterocycles. The highest BCUT2D eigenvalue weighted by Gasteiger charge is 2.32. The molecule has 1 fully saturated rings. The van der Waals surface area contributed by atoms with Crippen LogP contribution in [0.15, 0.2) is 12.1 Å². The molecule has 7 nitrogen and oxygen atoms in total. The van der Waals surface area contributed by atoms with Crippen LogP contribution in [0, 0.1) is 12.7 Å². The lowest BCUT2D eigenvalue weighted by molar-refractivity contribution is 0.0490. The minimum absolute atomic E-state index is 0.0291. The second-order valence-electron chi connectivity index (χ2n) is 8.44. The van der Waals surface area contributed by atoms with E-state index < -0.39 is 35.6 Å². The van der Waals surface area contributed by atoms with Gasteiger partial charge in [-0.1, -0.05) is 0 Å². The zero-order valence-corrected chi connectivity index (χ0v) is 16.9. The van der Waals surface area contributed by atoms with Gasteiger partial charge in [0.1, 0.15) is 17.6 Å². The van der Waals surface area contributed by atoms with Crippen molar-refractivity contribution in [2.45, 2.75) is 51.9 Å². The van der Waals surface area contributed by atoms with Crippen molar-refractivity contribution in [2.75, 3.05) is 18.0 Å². The Balaban J connectivity index is 1.93.